The first kappa shape index (κ1) is 18.8. The molecule has 0 fully saturated rings. The highest BCUT2D eigenvalue weighted by molar-refractivity contribution is 6.35. The number of para-hydroxylation sites is 2. The summed E-state index contributed by atoms with van der Waals surface area (Å²) in [5, 5.41) is 15.8. The van der Waals surface area contributed by atoms with E-state index < -0.39 is 11.5 Å². The second-order valence-electron chi connectivity index (χ2n) is 7.70. The lowest BCUT2D eigenvalue weighted by Crippen LogP contribution is -2.36. The number of H-pyrrole nitrogens is 1. The molecule has 0 saturated heterocycles. The van der Waals surface area contributed by atoms with Crippen LogP contribution in [0, 0.1) is 0 Å². The van der Waals surface area contributed by atoms with Gasteiger partial charge in [-0.1, -0.05) is 35.9 Å². The number of pyridine rings is 1. The van der Waals surface area contributed by atoms with E-state index in [1.807, 2.05) is 18.2 Å². The van der Waals surface area contributed by atoms with Gasteiger partial charge in [-0.3, -0.25) is 9.59 Å². The third-order valence-corrected chi connectivity index (χ3v) is 6.31. The number of halogens is 1. The van der Waals surface area contributed by atoms with E-state index in [1.165, 1.54) is 4.57 Å². The van der Waals surface area contributed by atoms with Gasteiger partial charge >= 0.3 is 0 Å². The van der Waals surface area contributed by atoms with Crippen LogP contribution in [0.1, 0.15) is 40.5 Å². The molecule has 0 saturated carbocycles. The molecule has 1 amide bonds. The van der Waals surface area contributed by atoms with Gasteiger partial charge in [-0.2, -0.15) is 0 Å². The molecule has 0 radical (unpaired) electrons. The van der Waals surface area contributed by atoms with Gasteiger partial charge < -0.3 is 20.0 Å². The number of fused-ring (bicyclic) bond motifs is 4. The van der Waals surface area contributed by atoms with Crippen molar-refractivity contribution in [3.63, 3.8) is 0 Å². The Balaban J connectivity index is 1.57. The Morgan fingerprint density at radius 1 is 1.20 bits per heavy atom. The van der Waals surface area contributed by atoms with Crippen LogP contribution in [0.25, 0.3) is 21.8 Å². The Labute approximate surface area is 177 Å². The van der Waals surface area contributed by atoms with Crippen molar-refractivity contribution >= 4 is 39.3 Å². The molecule has 30 heavy (non-hydrogen) atoms. The van der Waals surface area contributed by atoms with Crippen molar-refractivity contribution in [3.8, 4) is 5.75 Å². The summed E-state index contributed by atoms with van der Waals surface area (Å²) in [4.78, 5) is 29.3. The Morgan fingerprint density at radius 2 is 1.97 bits per heavy atom. The zero-order valence-corrected chi connectivity index (χ0v) is 17.1. The number of hydrogen-bond acceptors (Lipinski definition) is 3. The molecular weight excluding hydrogens is 402 g/mol. The molecule has 2 aromatic heterocycles. The number of nitrogens with zero attached hydrogens (tertiary/aromatic N) is 1. The molecule has 1 aliphatic rings. The molecular formula is C23H20ClN3O3. The van der Waals surface area contributed by atoms with Crippen LogP contribution in [0.15, 0.2) is 47.3 Å². The predicted octanol–water partition coefficient (Wildman–Crippen LogP) is 4.19. The highest BCUT2D eigenvalue weighted by atomic mass is 35.5. The van der Waals surface area contributed by atoms with Crippen LogP contribution in [0.3, 0.4) is 0 Å². The van der Waals surface area contributed by atoms with Gasteiger partial charge in [0.2, 0.25) is 0 Å². The van der Waals surface area contributed by atoms with Gasteiger partial charge in [-0.05, 0) is 43.0 Å². The maximum absolute atomic E-state index is 13.1. The topological polar surface area (TPSA) is 87.1 Å². The third-order valence-electron chi connectivity index (χ3n) is 6.00. The van der Waals surface area contributed by atoms with E-state index in [4.69, 9.17) is 11.6 Å². The van der Waals surface area contributed by atoms with Crippen LogP contribution in [-0.4, -0.2) is 20.6 Å². The number of hydrogen-bond donors (Lipinski definition) is 3. The summed E-state index contributed by atoms with van der Waals surface area (Å²) >= 11 is 6.34. The fraction of sp³-hybridized carbons (Fsp3) is 0.217. The molecule has 6 nitrogen and oxygen atoms in total. The van der Waals surface area contributed by atoms with Crippen molar-refractivity contribution in [2.75, 3.05) is 0 Å². The number of benzene rings is 2. The molecule has 1 atom stereocenters. The SMILES string of the molecule is Cn1c(=O)c(C(=O)N[C@H]2CCCc3c2[nH]c2c(Cl)cccc32)c(O)c2ccccc21. The molecule has 152 valence electrons. The molecule has 2 heterocycles. The zero-order chi connectivity index (χ0) is 21.0. The molecule has 4 aromatic rings. The molecule has 3 N–H and O–H groups in total. The van der Waals surface area contributed by atoms with Gasteiger partial charge in [-0.15, -0.1) is 0 Å². The van der Waals surface area contributed by atoms with E-state index >= 15 is 0 Å². The van der Waals surface area contributed by atoms with E-state index in [2.05, 4.69) is 10.3 Å². The van der Waals surface area contributed by atoms with E-state index in [0.29, 0.717) is 15.9 Å². The Hall–Kier alpha value is -3.25. The molecule has 0 unspecified atom stereocenters. The summed E-state index contributed by atoms with van der Waals surface area (Å²) < 4.78 is 1.39. The van der Waals surface area contributed by atoms with Crippen molar-refractivity contribution in [2.24, 2.45) is 7.05 Å². The molecule has 0 aliphatic heterocycles. The fourth-order valence-corrected chi connectivity index (χ4v) is 4.73. The van der Waals surface area contributed by atoms with Crippen LogP contribution < -0.4 is 10.9 Å². The largest absolute Gasteiger partial charge is 0.506 e. The second-order valence-corrected chi connectivity index (χ2v) is 8.11. The lowest BCUT2D eigenvalue weighted by molar-refractivity contribution is 0.0927. The van der Waals surface area contributed by atoms with Crippen molar-refractivity contribution in [3.05, 3.63) is 74.7 Å². The highest BCUT2D eigenvalue weighted by Gasteiger charge is 2.29. The number of carbonyl (C=O) groups is 1. The summed E-state index contributed by atoms with van der Waals surface area (Å²) in [6.45, 7) is 0. The Kier molecular flexibility index (Phi) is 4.33. The average molecular weight is 422 g/mol. The fourth-order valence-electron chi connectivity index (χ4n) is 4.51. The maximum Gasteiger partial charge on any atom is 0.267 e. The Bertz CT molecular complexity index is 1390. The van der Waals surface area contributed by atoms with Crippen molar-refractivity contribution in [2.45, 2.75) is 25.3 Å². The Morgan fingerprint density at radius 3 is 2.80 bits per heavy atom. The molecule has 2 aromatic carbocycles. The van der Waals surface area contributed by atoms with Crippen molar-refractivity contribution in [1.29, 1.82) is 0 Å². The third kappa shape index (κ3) is 2.71. The normalized spacial score (nSPS) is 16.0. The van der Waals surface area contributed by atoms with Gasteiger partial charge in [0.1, 0.15) is 11.3 Å². The van der Waals surface area contributed by atoms with E-state index in [0.717, 1.165) is 41.4 Å². The number of aryl methyl sites for hydroxylation is 2. The lowest BCUT2D eigenvalue weighted by atomic mass is 9.91. The smallest absolute Gasteiger partial charge is 0.267 e. The van der Waals surface area contributed by atoms with Crippen LogP contribution in [0.2, 0.25) is 5.02 Å². The number of aromatic nitrogens is 2. The van der Waals surface area contributed by atoms with E-state index in [-0.39, 0.29) is 17.4 Å². The summed E-state index contributed by atoms with van der Waals surface area (Å²) in [6.07, 6.45) is 2.53. The second kappa shape index (κ2) is 6.92. The van der Waals surface area contributed by atoms with Crippen LogP contribution in [0.4, 0.5) is 0 Å². The van der Waals surface area contributed by atoms with Crippen LogP contribution in [0.5, 0.6) is 5.75 Å². The summed E-state index contributed by atoms with van der Waals surface area (Å²) in [5.41, 5.74) is 2.71. The number of aromatic amines is 1. The van der Waals surface area contributed by atoms with Crippen molar-refractivity contribution in [1.82, 2.24) is 14.9 Å². The van der Waals surface area contributed by atoms with E-state index in [1.54, 1.807) is 31.3 Å². The average Bonchev–Trinajstić information content (AvgIpc) is 3.14. The first-order chi connectivity index (χ1) is 14.5. The zero-order valence-electron chi connectivity index (χ0n) is 16.3. The first-order valence-corrected chi connectivity index (χ1v) is 10.3. The quantitative estimate of drug-likeness (QED) is 0.453. The summed E-state index contributed by atoms with van der Waals surface area (Å²) in [5.74, 6) is -0.872. The van der Waals surface area contributed by atoms with Gasteiger partial charge in [0, 0.05) is 23.5 Å². The molecule has 0 spiro atoms. The van der Waals surface area contributed by atoms with Gasteiger partial charge in [0.05, 0.1) is 22.1 Å². The van der Waals surface area contributed by atoms with Crippen LogP contribution in [-0.2, 0) is 13.5 Å². The summed E-state index contributed by atoms with van der Waals surface area (Å²) in [6, 6.07) is 12.4. The number of aromatic hydroxyl groups is 1. The number of rotatable bonds is 2. The molecule has 5 rings (SSSR count). The first-order valence-electron chi connectivity index (χ1n) is 9.88. The van der Waals surface area contributed by atoms with Gasteiger partial charge in [-0.25, -0.2) is 0 Å². The number of carbonyl (C=O) groups excluding carboxylic acids is 1. The monoisotopic (exact) mass is 421 g/mol. The minimum absolute atomic E-state index is 0.238. The molecule has 1 aliphatic carbocycles. The lowest BCUT2D eigenvalue weighted by Gasteiger charge is -2.24. The van der Waals surface area contributed by atoms with Gasteiger partial charge in [0.25, 0.3) is 11.5 Å². The number of nitrogens with one attached hydrogen (secondary N) is 2. The minimum atomic E-state index is -0.582. The highest BCUT2D eigenvalue weighted by Crippen LogP contribution is 2.37. The molecule has 0 bridgehead atoms. The summed E-state index contributed by atoms with van der Waals surface area (Å²) in [7, 11) is 1.60. The van der Waals surface area contributed by atoms with E-state index in [9.17, 15) is 14.7 Å². The predicted molar refractivity (Wildman–Crippen MR) is 117 cm³/mol. The van der Waals surface area contributed by atoms with Crippen molar-refractivity contribution < 1.29 is 9.90 Å². The van der Waals surface area contributed by atoms with Gasteiger partial charge in [0.15, 0.2) is 0 Å². The standard InChI is InChI=1S/C23H20ClN3O3/c1-27-17-11-3-2-6-14(17)21(28)18(23(27)30)22(29)25-16-10-5-8-13-12-7-4-9-15(24)19(12)26-20(13)16/h2-4,6-7,9,11,16,26,28H,5,8,10H2,1H3,(H,25,29)/t16-/m0/s1. The van der Waals surface area contributed by atoms with Crippen LogP contribution >= 0.6 is 11.6 Å². The molecule has 7 heteroatoms. The maximum atomic E-state index is 13.1. The minimum Gasteiger partial charge on any atom is -0.506 e. The number of amides is 1.